The van der Waals surface area contributed by atoms with Gasteiger partial charge in [0.2, 0.25) is 0 Å². The lowest BCUT2D eigenvalue weighted by atomic mass is 10.1. The van der Waals surface area contributed by atoms with Gasteiger partial charge in [0.05, 0.1) is 10.9 Å². The number of anilines is 2. The molecule has 3 N–H and O–H groups in total. The summed E-state index contributed by atoms with van der Waals surface area (Å²) < 4.78 is 29.0. The summed E-state index contributed by atoms with van der Waals surface area (Å²) in [5, 5.41) is 5.59. The number of amides is 2. The zero-order chi connectivity index (χ0) is 24.0. The van der Waals surface area contributed by atoms with Crippen molar-refractivity contribution in [3.05, 3.63) is 109 Å². The number of pyridine rings is 1. The van der Waals surface area contributed by atoms with E-state index in [-0.39, 0.29) is 17.0 Å². The van der Waals surface area contributed by atoms with Crippen molar-refractivity contribution in [3.63, 3.8) is 0 Å². The predicted molar refractivity (Wildman–Crippen MR) is 134 cm³/mol. The van der Waals surface area contributed by atoms with E-state index in [1.165, 1.54) is 0 Å². The third kappa shape index (κ3) is 5.60. The maximum Gasteiger partial charge on any atom is 0.319 e. The van der Waals surface area contributed by atoms with Crippen molar-refractivity contribution in [2.75, 3.05) is 10.0 Å². The molecule has 2 amide bonds. The molecule has 172 valence electrons. The third-order valence-electron chi connectivity index (χ3n) is 5.21. The number of hydrogen-bond donors (Lipinski definition) is 3. The highest BCUT2D eigenvalue weighted by molar-refractivity contribution is 7.92. The zero-order valence-corrected chi connectivity index (χ0v) is 19.3. The highest BCUT2D eigenvalue weighted by atomic mass is 32.2. The van der Waals surface area contributed by atoms with E-state index in [1.54, 1.807) is 67.0 Å². The van der Waals surface area contributed by atoms with E-state index in [4.69, 9.17) is 0 Å². The van der Waals surface area contributed by atoms with Crippen LogP contribution in [0.15, 0.2) is 108 Å². The average Bonchev–Trinajstić information content (AvgIpc) is 2.85. The Morgan fingerprint density at radius 2 is 1.44 bits per heavy atom. The van der Waals surface area contributed by atoms with Gasteiger partial charge in [0.25, 0.3) is 10.0 Å². The molecule has 8 heteroatoms. The number of nitrogens with zero attached hydrogens (tertiary/aromatic N) is 1. The lowest BCUT2D eigenvalue weighted by Crippen LogP contribution is -2.31. The molecule has 7 nitrogen and oxygen atoms in total. The van der Waals surface area contributed by atoms with E-state index in [1.807, 2.05) is 43.3 Å². The Bertz CT molecular complexity index is 1360. The molecule has 0 aliphatic heterocycles. The van der Waals surface area contributed by atoms with Crippen molar-refractivity contribution < 1.29 is 13.2 Å². The molecule has 0 aliphatic rings. The number of aromatic nitrogens is 1. The summed E-state index contributed by atoms with van der Waals surface area (Å²) in [4.78, 5) is 16.3. The van der Waals surface area contributed by atoms with E-state index in [0.29, 0.717) is 16.9 Å². The highest BCUT2D eigenvalue weighted by Crippen LogP contribution is 2.28. The Balaban J connectivity index is 1.45. The molecule has 0 bridgehead atoms. The van der Waals surface area contributed by atoms with E-state index in [9.17, 15) is 13.2 Å². The SMILES string of the molecule is CC(NC(=O)Nc1ccncc1)c1ccc(NS(=O)(=O)c2ccccc2-c2ccccc2)cc1. The predicted octanol–water partition coefficient (Wildman–Crippen LogP) is 5.43. The number of sulfonamides is 1. The van der Waals surface area contributed by atoms with Crippen LogP contribution in [0.5, 0.6) is 0 Å². The van der Waals surface area contributed by atoms with Gasteiger partial charge in [-0.2, -0.15) is 0 Å². The monoisotopic (exact) mass is 472 g/mol. The highest BCUT2D eigenvalue weighted by Gasteiger charge is 2.19. The minimum absolute atomic E-state index is 0.202. The summed E-state index contributed by atoms with van der Waals surface area (Å²) in [7, 11) is -3.81. The number of carbonyl (C=O) groups excluding carboxylic acids is 1. The molecule has 0 spiro atoms. The number of urea groups is 1. The maximum atomic E-state index is 13.2. The lowest BCUT2D eigenvalue weighted by molar-refractivity contribution is 0.249. The molecule has 0 saturated heterocycles. The second-order valence-electron chi connectivity index (χ2n) is 7.65. The summed E-state index contributed by atoms with van der Waals surface area (Å²) in [6, 6.07) is 26.0. The Labute approximate surface area is 198 Å². The van der Waals surface area contributed by atoms with Crippen LogP contribution >= 0.6 is 0 Å². The summed E-state index contributed by atoms with van der Waals surface area (Å²) in [6.07, 6.45) is 3.19. The number of carbonyl (C=O) groups is 1. The molecule has 34 heavy (non-hydrogen) atoms. The second kappa shape index (κ2) is 10.2. The van der Waals surface area contributed by atoms with Crippen molar-refractivity contribution in [1.29, 1.82) is 0 Å². The first-order valence-electron chi connectivity index (χ1n) is 10.7. The standard InChI is InChI=1S/C26H24N4O3S/c1-19(28-26(31)29-22-15-17-27-18-16-22)20-11-13-23(14-12-20)30-34(32,33)25-10-6-5-9-24(25)21-7-3-2-4-8-21/h2-19,30H,1H3,(H2,27,28,29,31). The van der Waals surface area contributed by atoms with Crippen molar-refractivity contribution >= 4 is 27.4 Å². The van der Waals surface area contributed by atoms with E-state index >= 15 is 0 Å². The first-order chi connectivity index (χ1) is 16.4. The Morgan fingerprint density at radius 1 is 0.794 bits per heavy atom. The van der Waals surface area contributed by atoms with Crippen molar-refractivity contribution in [3.8, 4) is 11.1 Å². The number of nitrogens with one attached hydrogen (secondary N) is 3. The second-order valence-corrected chi connectivity index (χ2v) is 9.30. The molecular formula is C26H24N4O3S. The molecule has 0 saturated carbocycles. The number of hydrogen-bond acceptors (Lipinski definition) is 4. The van der Waals surface area contributed by atoms with E-state index < -0.39 is 10.0 Å². The van der Waals surface area contributed by atoms with Crippen molar-refractivity contribution in [2.45, 2.75) is 17.9 Å². The van der Waals surface area contributed by atoms with Crippen LogP contribution in [-0.2, 0) is 10.0 Å². The van der Waals surface area contributed by atoms with Crippen LogP contribution in [0.3, 0.4) is 0 Å². The normalized spacial score (nSPS) is 11.9. The fraction of sp³-hybridized carbons (Fsp3) is 0.0769. The van der Waals surface area contributed by atoms with Crippen molar-refractivity contribution in [2.24, 2.45) is 0 Å². The van der Waals surface area contributed by atoms with Gasteiger partial charge in [-0.25, -0.2) is 13.2 Å². The van der Waals surface area contributed by atoms with Crippen LogP contribution in [0.2, 0.25) is 0 Å². The molecule has 0 fully saturated rings. The minimum Gasteiger partial charge on any atom is -0.331 e. The van der Waals surface area contributed by atoms with Crippen LogP contribution in [0, 0.1) is 0 Å². The molecule has 3 aromatic carbocycles. The van der Waals surface area contributed by atoms with Gasteiger partial charge < -0.3 is 10.6 Å². The maximum absolute atomic E-state index is 13.2. The largest absolute Gasteiger partial charge is 0.331 e. The third-order valence-corrected chi connectivity index (χ3v) is 6.65. The van der Waals surface area contributed by atoms with Gasteiger partial charge in [0, 0.05) is 29.3 Å². The first-order valence-corrected chi connectivity index (χ1v) is 12.2. The van der Waals surface area contributed by atoms with Crippen LogP contribution in [-0.4, -0.2) is 19.4 Å². The number of benzene rings is 3. The van der Waals surface area contributed by atoms with Gasteiger partial charge >= 0.3 is 6.03 Å². The van der Waals surface area contributed by atoms with Crippen LogP contribution < -0.4 is 15.4 Å². The van der Waals surface area contributed by atoms with Gasteiger partial charge in [-0.3, -0.25) is 9.71 Å². The molecule has 4 aromatic rings. The summed E-state index contributed by atoms with van der Waals surface area (Å²) in [5.74, 6) is 0. The van der Waals surface area contributed by atoms with Gasteiger partial charge in [-0.05, 0) is 48.4 Å². The Kier molecular flexibility index (Phi) is 6.89. The topological polar surface area (TPSA) is 100 Å². The molecule has 0 aliphatic carbocycles. The quantitative estimate of drug-likeness (QED) is 0.334. The van der Waals surface area contributed by atoms with Gasteiger partial charge in [0.15, 0.2) is 0 Å². The fourth-order valence-electron chi connectivity index (χ4n) is 3.49. The molecule has 1 heterocycles. The van der Waals surface area contributed by atoms with E-state index in [0.717, 1.165) is 11.1 Å². The molecule has 0 radical (unpaired) electrons. The molecule has 1 aromatic heterocycles. The smallest absolute Gasteiger partial charge is 0.319 e. The zero-order valence-electron chi connectivity index (χ0n) is 18.5. The summed E-state index contributed by atoms with van der Waals surface area (Å²) in [5.41, 5.74) is 3.35. The van der Waals surface area contributed by atoms with Gasteiger partial charge in [-0.15, -0.1) is 0 Å². The molecule has 1 atom stereocenters. The minimum atomic E-state index is -3.81. The lowest BCUT2D eigenvalue weighted by Gasteiger charge is -2.16. The summed E-state index contributed by atoms with van der Waals surface area (Å²) >= 11 is 0. The van der Waals surface area contributed by atoms with Gasteiger partial charge in [0.1, 0.15) is 0 Å². The average molecular weight is 473 g/mol. The van der Waals surface area contributed by atoms with E-state index in [2.05, 4.69) is 20.3 Å². The van der Waals surface area contributed by atoms with Crippen LogP contribution in [0.4, 0.5) is 16.2 Å². The number of rotatable bonds is 7. The Hall–Kier alpha value is -4.17. The van der Waals surface area contributed by atoms with Crippen LogP contribution in [0.1, 0.15) is 18.5 Å². The Morgan fingerprint density at radius 3 is 2.15 bits per heavy atom. The molecule has 4 rings (SSSR count). The fourth-order valence-corrected chi connectivity index (χ4v) is 4.78. The summed E-state index contributed by atoms with van der Waals surface area (Å²) in [6.45, 7) is 1.85. The van der Waals surface area contributed by atoms with Gasteiger partial charge in [-0.1, -0.05) is 60.7 Å². The molecule has 1 unspecified atom stereocenters. The molecular weight excluding hydrogens is 448 g/mol. The first kappa shape index (κ1) is 23.0. The van der Waals surface area contributed by atoms with Crippen LogP contribution in [0.25, 0.3) is 11.1 Å². The van der Waals surface area contributed by atoms with Crippen molar-refractivity contribution in [1.82, 2.24) is 10.3 Å².